The van der Waals surface area contributed by atoms with E-state index in [2.05, 4.69) is 58.2 Å². The van der Waals surface area contributed by atoms with Gasteiger partial charge in [-0.2, -0.15) is 0 Å². The van der Waals surface area contributed by atoms with Crippen molar-refractivity contribution in [1.29, 1.82) is 0 Å². The van der Waals surface area contributed by atoms with E-state index in [9.17, 15) is 77.2 Å². The molecule has 22 N–H and O–H groups in total. The van der Waals surface area contributed by atoms with Gasteiger partial charge in [-0.1, -0.05) is 102 Å². The number of likely N-dealkylation sites (N-methyl/N-ethyl adjacent to an activating group) is 2. The molecule has 0 bridgehead atoms. The van der Waals surface area contributed by atoms with Gasteiger partial charge in [-0.25, -0.2) is 4.39 Å². The summed E-state index contributed by atoms with van der Waals surface area (Å²) in [4.78, 5) is 297. The highest BCUT2D eigenvalue weighted by Gasteiger charge is 2.48. The van der Waals surface area contributed by atoms with Crippen LogP contribution in [0.5, 0.6) is 0 Å². The number of fused-ring (bicyclic) bond motifs is 5. The van der Waals surface area contributed by atoms with Crippen molar-refractivity contribution in [2.24, 2.45) is 28.9 Å². The quantitative estimate of drug-likeness (QED) is 0.0251. The van der Waals surface area contributed by atoms with Crippen molar-refractivity contribution >= 4 is 140 Å². The van der Waals surface area contributed by atoms with Gasteiger partial charge >= 0.3 is 11.9 Å². The van der Waals surface area contributed by atoms with Crippen molar-refractivity contribution in [2.75, 3.05) is 46.8 Å². The number of carbonyl (C=O) groups is 20. The number of carboxylic acid groups (broad SMARTS) is 2. The third-order valence-corrected chi connectivity index (χ3v) is 24.9. The second kappa shape index (κ2) is 50.0. The molecule has 137 heavy (non-hydrogen) atoms. The average molecular weight is 1910 g/mol. The van der Waals surface area contributed by atoms with Gasteiger partial charge in [0, 0.05) is 113 Å². The molecule has 0 radical (unpaired) electrons. The maximum atomic E-state index is 15.9. The Kier molecular flexibility index (Phi) is 38.9. The first-order valence-electron chi connectivity index (χ1n) is 46.1. The Bertz CT molecular complexity index is 5280. The molecule has 15 atom stereocenters. The Morgan fingerprint density at radius 3 is 1.62 bits per heavy atom. The molecule has 0 unspecified atom stereocenters. The molecule has 2 aromatic heterocycles. The number of nitrogens with one attached hydrogen (secondary N) is 11. The minimum absolute atomic E-state index is 0.0500. The van der Waals surface area contributed by atoms with E-state index < -0.39 is 305 Å². The number of aromatic amines is 1. The number of aromatic nitrogens is 2. The lowest BCUT2D eigenvalue weighted by Crippen LogP contribution is -2.62. The van der Waals surface area contributed by atoms with Crippen molar-refractivity contribution in [1.82, 2.24) is 87.2 Å². The summed E-state index contributed by atoms with van der Waals surface area (Å²) in [6, 6.07) is -5.31. The number of unbranched alkanes of at least 4 members (excludes halogenated alkanes) is 2. The first-order valence-corrected chi connectivity index (χ1v) is 46.1. The fourth-order valence-corrected chi connectivity index (χ4v) is 17.8. The summed E-state index contributed by atoms with van der Waals surface area (Å²) in [5.41, 5.74) is 25.0. The molecule has 18 amide bonds. The first-order chi connectivity index (χ1) is 65.1. The summed E-state index contributed by atoms with van der Waals surface area (Å²) < 4.78 is 15.8. The van der Waals surface area contributed by atoms with Crippen LogP contribution in [0.15, 0.2) is 85.2 Å². The number of hydrogen-bond acceptors (Lipinski definition) is 22. The molecule has 0 aliphatic carbocycles. The molecule has 0 saturated carbocycles. The number of nitrogens with two attached hydrogens (primary N) is 4. The van der Waals surface area contributed by atoms with Crippen LogP contribution in [0.25, 0.3) is 21.8 Å². The van der Waals surface area contributed by atoms with Crippen molar-refractivity contribution in [3.63, 3.8) is 0 Å². The van der Waals surface area contributed by atoms with Crippen LogP contribution in [-0.2, 0) is 122 Å². The number of primary amides is 4. The molecule has 45 heteroatoms. The molecule has 3 aromatic carbocycles. The summed E-state index contributed by atoms with van der Waals surface area (Å²) in [7, 11) is 2.48. The van der Waals surface area contributed by atoms with E-state index in [-0.39, 0.29) is 76.4 Å². The van der Waals surface area contributed by atoms with Gasteiger partial charge in [0.2, 0.25) is 106 Å². The number of rotatable bonds is 27. The molecular formula is C92H126FN21O23. The zero-order valence-electron chi connectivity index (χ0n) is 77.5. The number of benzene rings is 3. The number of aliphatic hydroxyl groups is 1. The lowest BCUT2D eigenvalue weighted by Gasteiger charge is -2.38. The smallest absolute Gasteiger partial charge is 0.323 e. The number of carboxylic acids is 2. The first kappa shape index (κ1) is 107. The monoisotopic (exact) mass is 1910 g/mol. The summed E-state index contributed by atoms with van der Waals surface area (Å²) in [6.07, 6.45) is -3.01. The number of nitrogens with zero attached hydrogens (tertiary/aromatic N) is 6. The van der Waals surface area contributed by atoms with Crippen LogP contribution in [0.4, 0.5) is 4.39 Å². The molecule has 44 nitrogen and oxygen atoms in total. The van der Waals surface area contributed by atoms with Gasteiger partial charge in [0.15, 0.2) is 0 Å². The summed E-state index contributed by atoms with van der Waals surface area (Å²) in [5, 5.41) is 58.4. The molecule has 4 aliphatic heterocycles. The molecule has 0 spiro atoms. The van der Waals surface area contributed by atoms with Gasteiger partial charge in [-0.05, 0) is 111 Å². The topological polar surface area (TPSA) is 663 Å². The minimum atomic E-state index is -2.03. The highest BCUT2D eigenvalue weighted by molar-refractivity contribution is 6.03. The number of carbonyl (C=O) groups excluding carboxylic acids is 18. The molecule has 4 saturated heterocycles. The van der Waals surface area contributed by atoms with E-state index in [4.69, 9.17) is 22.9 Å². The summed E-state index contributed by atoms with van der Waals surface area (Å²) in [6.45, 7) is 4.11. The Balaban J connectivity index is 1.12. The average Bonchev–Trinajstić information content (AvgIpc) is 1.52. The van der Waals surface area contributed by atoms with Gasteiger partial charge in [0.05, 0.1) is 25.5 Å². The molecule has 744 valence electrons. The standard InChI is InChI=1S/C92H126FN21O23/c1-7-9-21-68-84(129)101-59(31-33-77(120)121)81(126)108-66(79(97)124)44-98-45-76(119)100-63(37-50-26-28-53(93)29-27-50)89(134)112-34-16-15-24-69(112)86(131)107-65(42-75(96)118)90(135)113-35-17-25-70(113)85(130)102-58(30-32-73(94)116)80(125)105-62(36-49(3)4)91(136)114-47-54(115)40-72(114)87(132)104-60(38-51-43-99-57-20-13-11-18-55(51)57)82(127)103-61(41-74(95)117)83(128)106-64(88(133)110(6)71(22-10-8-2)92(137)109(68)5)39-52-46-111(48-78(122)123)67-23-14-12-19-56(52)67/h11-14,18-20,23,26-29,43,46,49,54,58-66,68-72,98-99,115H,7-10,15-17,21-22,24-25,30-42,44-45,47-48H2,1-6H3,(H2,94,116)(H2,95,117)(H2,96,118)(H2,97,124)(H,100,119)(H,101,129)(H,102,130)(H,103,127)(H,104,132)(H,105,125)(H,106,128)(H,107,131)(H,108,126)(H,120,121)(H,122,123)/t54-,58+,59+,60+,61+,62+,63+,64+,65+,66+,68+,69+,70+,71+,72+/m1/s1. The summed E-state index contributed by atoms with van der Waals surface area (Å²) >= 11 is 0. The van der Waals surface area contributed by atoms with Crippen molar-refractivity contribution < 1.29 is 116 Å². The lowest BCUT2D eigenvalue weighted by atomic mass is 9.97. The van der Waals surface area contributed by atoms with Crippen LogP contribution in [0.2, 0.25) is 0 Å². The predicted octanol–water partition coefficient (Wildman–Crippen LogP) is -2.88. The maximum absolute atomic E-state index is 15.9. The van der Waals surface area contributed by atoms with E-state index in [1.165, 1.54) is 43.2 Å². The van der Waals surface area contributed by atoms with Gasteiger partial charge in [0.25, 0.3) is 0 Å². The zero-order valence-corrected chi connectivity index (χ0v) is 77.5. The fraction of sp³-hybridized carbons (Fsp3) is 0.543. The van der Waals surface area contributed by atoms with E-state index in [0.29, 0.717) is 58.6 Å². The number of para-hydroxylation sites is 2. The van der Waals surface area contributed by atoms with E-state index >= 15 is 38.4 Å². The highest BCUT2D eigenvalue weighted by atomic mass is 19.1. The van der Waals surface area contributed by atoms with Crippen LogP contribution in [-0.4, -0.2) is 305 Å². The number of aliphatic carboxylic acids is 2. The van der Waals surface area contributed by atoms with E-state index in [1.54, 1.807) is 76.2 Å². The molecule has 5 aromatic rings. The highest BCUT2D eigenvalue weighted by Crippen LogP contribution is 2.30. The van der Waals surface area contributed by atoms with Gasteiger partial charge in [0.1, 0.15) is 96.9 Å². The second-order valence-electron chi connectivity index (χ2n) is 35.7. The van der Waals surface area contributed by atoms with Gasteiger partial charge < -0.3 is 125 Å². The minimum Gasteiger partial charge on any atom is -0.481 e. The van der Waals surface area contributed by atoms with Crippen LogP contribution < -0.4 is 76.1 Å². The number of piperidine rings is 1. The lowest BCUT2D eigenvalue weighted by molar-refractivity contribution is -0.149. The third-order valence-electron chi connectivity index (χ3n) is 24.9. The van der Waals surface area contributed by atoms with Crippen molar-refractivity contribution in [3.8, 4) is 0 Å². The Labute approximate surface area is 788 Å². The largest absolute Gasteiger partial charge is 0.481 e. The molecular weight excluding hydrogens is 1790 g/mol. The van der Waals surface area contributed by atoms with Crippen molar-refractivity contribution in [3.05, 3.63) is 108 Å². The zero-order chi connectivity index (χ0) is 100. The molecule has 6 heterocycles. The predicted molar refractivity (Wildman–Crippen MR) is 490 cm³/mol. The molecule has 4 aliphatic rings. The maximum Gasteiger partial charge on any atom is 0.323 e. The van der Waals surface area contributed by atoms with Crippen molar-refractivity contribution in [2.45, 2.75) is 266 Å². The number of hydrogen-bond donors (Lipinski definition) is 18. The van der Waals surface area contributed by atoms with Crippen LogP contribution in [0.1, 0.15) is 166 Å². The summed E-state index contributed by atoms with van der Waals surface area (Å²) in [5.74, 6) is -22.7. The fourth-order valence-electron chi connectivity index (χ4n) is 17.8. The third kappa shape index (κ3) is 29.5. The number of amides is 18. The van der Waals surface area contributed by atoms with Crippen LogP contribution >= 0.6 is 0 Å². The number of halogens is 1. The second-order valence-corrected chi connectivity index (χ2v) is 35.7. The SMILES string of the molecule is CCCC[C@H]1C(=O)N(C)[C@@H](CCCC)C(=O)N[C@@H](CCC(=O)O)C(=O)N[C@H](C(N)=O)CNCC(=O)N[C@@H](Cc2ccc(F)cc2)C(=O)N2CCCC[C@H]2C(=O)N[C@@H](CC(N)=O)C(=O)N2CCC[C@H]2C(=O)N[C@@H](CCC(N)=O)C(=O)N[C@@H](CC(C)C)C(=O)N2C[C@H](O)C[C@H]2C(=O)N[C@@H](Cc2c[nH]c3ccccc23)C(=O)N[C@@H](CC(N)=O)C(=O)N[C@@H](Cc2cn(CC(=O)O)c3ccccc23)C(=O)N1C. The Morgan fingerprint density at radius 1 is 0.482 bits per heavy atom. The van der Waals surface area contributed by atoms with Crippen LogP contribution in [0.3, 0.4) is 0 Å². The number of H-pyrrole nitrogens is 1. The van der Waals surface area contributed by atoms with E-state index in [1.807, 2.05) is 0 Å². The number of aliphatic hydroxyl groups excluding tert-OH is 1. The molecule has 4 fully saturated rings. The van der Waals surface area contributed by atoms with Gasteiger partial charge in [-0.15, -0.1) is 0 Å². The Hall–Kier alpha value is -14.0. The van der Waals surface area contributed by atoms with E-state index in [0.717, 1.165) is 36.6 Å². The van der Waals surface area contributed by atoms with Crippen LogP contribution in [0, 0.1) is 11.7 Å². The molecule has 9 rings (SSSR count). The van der Waals surface area contributed by atoms with Gasteiger partial charge in [-0.3, -0.25) is 95.9 Å². The normalized spacial score (nSPS) is 25.1. The Morgan fingerprint density at radius 2 is 0.993 bits per heavy atom.